The standard InChI is InChI=1S/C16H17N5O2/c1-21-10-9-13(16(21)23)18-14-8-7-12(19-20-14)15(22)17-11-5-3-2-4-6-11/h2-8,13H,9-10H2,1H3,(H,17,22)(H,18,20). The lowest BCUT2D eigenvalue weighted by molar-refractivity contribution is -0.127. The maximum absolute atomic E-state index is 12.1. The fourth-order valence-corrected chi connectivity index (χ4v) is 2.38. The Balaban J connectivity index is 1.63. The third kappa shape index (κ3) is 3.45. The zero-order valence-corrected chi connectivity index (χ0v) is 12.7. The molecule has 1 saturated heterocycles. The van der Waals surface area contributed by atoms with E-state index in [1.807, 2.05) is 18.2 Å². The molecule has 0 radical (unpaired) electrons. The van der Waals surface area contributed by atoms with Gasteiger partial charge in [0.2, 0.25) is 5.91 Å². The predicted octanol–water partition coefficient (Wildman–Crippen LogP) is 1.37. The molecule has 7 heteroatoms. The number of anilines is 2. The number of likely N-dealkylation sites (N-methyl/N-ethyl adjacent to an activating group) is 1. The van der Waals surface area contributed by atoms with Crippen LogP contribution in [-0.2, 0) is 4.79 Å². The molecular weight excluding hydrogens is 294 g/mol. The first-order valence-electron chi connectivity index (χ1n) is 7.35. The highest BCUT2D eigenvalue weighted by Gasteiger charge is 2.29. The minimum absolute atomic E-state index is 0.0395. The quantitative estimate of drug-likeness (QED) is 0.890. The van der Waals surface area contributed by atoms with Gasteiger partial charge in [0.1, 0.15) is 11.9 Å². The first-order valence-corrected chi connectivity index (χ1v) is 7.35. The number of carbonyl (C=O) groups is 2. The third-order valence-electron chi connectivity index (χ3n) is 3.68. The van der Waals surface area contributed by atoms with Crippen LogP contribution in [-0.4, -0.2) is 46.5 Å². The highest BCUT2D eigenvalue weighted by Crippen LogP contribution is 2.14. The van der Waals surface area contributed by atoms with Gasteiger partial charge in [-0.1, -0.05) is 18.2 Å². The van der Waals surface area contributed by atoms with Crippen LogP contribution in [0.4, 0.5) is 11.5 Å². The Hall–Kier alpha value is -2.96. The van der Waals surface area contributed by atoms with Crippen molar-refractivity contribution in [2.45, 2.75) is 12.5 Å². The van der Waals surface area contributed by atoms with E-state index in [0.29, 0.717) is 11.5 Å². The minimum Gasteiger partial charge on any atom is -0.357 e. The van der Waals surface area contributed by atoms with Gasteiger partial charge in [0.15, 0.2) is 5.69 Å². The van der Waals surface area contributed by atoms with Gasteiger partial charge >= 0.3 is 0 Å². The number of hydrogen-bond donors (Lipinski definition) is 2. The van der Waals surface area contributed by atoms with Crippen molar-refractivity contribution in [2.75, 3.05) is 24.2 Å². The lowest BCUT2D eigenvalue weighted by Gasteiger charge is -2.12. The van der Waals surface area contributed by atoms with Gasteiger partial charge in [0.05, 0.1) is 0 Å². The fraction of sp³-hybridized carbons (Fsp3) is 0.250. The second-order valence-electron chi connectivity index (χ2n) is 5.37. The fourth-order valence-electron chi connectivity index (χ4n) is 2.38. The number of amides is 2. The summed E-state index contributed by atoms with van der Waals surface area (Å²) in [7, 11) is 1.77. The zero-order valence-electron chi connectivity index (χ0n) is 12.7. The summed E-state index contributed by atoms with van der Waals surface area (Å²) in [6.45, 7) is 0.724. The van der Waals surface area contributed by atoms with Gasteiger partial charge in [-0.25, -0.2) is 0 Å². The lowest BCUT2D eigenvalue weighted by Crippen LogP contribution is -2.31. The summed E-state index contributed by atoms with van der Waals surface area (Å²) in [6, 6.07) is 12.1. The average molecular weight is 311 g/mol. The Kier molecular flexibility index (Phi) is 4.18. The molecule has 1 atom stereocenters. The summed E-state index contributed by atoms with van der Waals surface area (Å²) in [6.07, 6.45) is 0.729. The van der Waals surface area contributed by atoms with Crippen molar-refractivity contribution in [3.05, 3.63) is 48.2 Å². The maximum Gasteiger partial charge on any atom is 0.276 e. The highest BCUT2D eigenvalue weighted by molar-refractivity contribution is 6.02. The van der Waals surface area contributed by atoms with Crippen LogP contribution in [0.1, 0.15) is 16.9 Å². The minimum atomic E-state index is -0.327. The van der Waals surface area contributed by atoms with Crippen LogP contribution >= 0.6 is 0 Å². The molecule has 2 N–H and O–H groups in total. The van der Waals surface area contributed by atoms with Gasteiger partial charge in [0, 0.05) is 19.3 Å². The van der Waals surface area contributed by atoms with Gasteiger partial charge in [-0.15, -0.1) is 10.2 Å². The number of carbonyl (C=O) groups excluding carboxylic acids is 2. The van der Waals surface area contributed by atoms with Crippen LogP contribution in [0.25, 0.3) is 0 Å². The van der Waals surface area contributed by atoms with Crippen LogP contribution in [0.2, 0.25) is 0 Å². The van der Waals surface area contributed by atoms with Crippen LogP contribution in [0.3, 0.4) is 0 Å². The summed E-state index contributed by atoms with van der Waals surface area (Å²) >= 11 is 0. The van der Waals surface area contributed by atoms with Gasteiger partial charge in [0.25, 0.3) is 5.91 Å². The number of para-hydroxylation sites is 1. The van der Waals surface area contributed by atoms with E-state index in [0.717, 1.165) is 13.0 Å². The van der Waals surface area contributed by atoms with Gasteiger partial charge in [-0.05, 0) is 30.7 Å². The molecule has 0 saturated carbocycles. The number of hydrogen-bond acceptors (Lipinski definition) is 5. The Morgan fingerprint density at radius 3 is 2.57 bits per heavy atom. The molecule has 0 spiro atoms. The van der Waals surface area contributed by atoms with Crippen molar-refractivity contribution in [3.63, 3.8) is 0 Å². The van der Waals surface area contributed by atoms with Gasteiger partial charge < -0.3 is 15.5 Å². The number of rotatable bonds is 4. The molecule has 0 aliphatic carbocycles. The number of nitrogens with zero attached hydrogens (tertiary/aromatic N) is 3. The number of likely N-dealkylation sites (tertiary alicyclic amines) is 1. The van der Waals surface area contributed by atoms with Crippen molar-refractivity contribution in [1.29, 1.82) is 0 Å². The molecule has 1 aromatic carbocycles. The Labute approximate surface area is 133 Å². The molecule has 2 amide bonds. The van der Waals surface area contributed by atoms with Crippen molar-refractivity contribution in [2.24, 2.45) is 0 Å². The molecule has 1 aromatic heterocycles. The topological polar surface area (TPSA) is 87.2 Å². The molecule has 1 unspecified atom stereocenters. The summed E-state index contributed by atoms with van der Waals surface area (Å²) in [5, 5.41) is 13.7. The zero-order chi connectivity index (χ0) is 16.2. The molecule has 23 heavy (non-hydrogen) atoms. The van der Waals surface area contributed by atoms with E-state index < -0.39 is 0 Å². The smallest absolute Gasteiger partial charge is 0.276 e. The van der Waals surface area contributed by atoms with Crippen LogP contribution in [0.15, 0.2) is 42.5 Å². The first-order chi connectivity index (χ1) is 11.1. The Morgan fingerprint density at radius 2 is 1.96 bits per heavy atom. The van der Waals surface area contributed by atoms with Crippen LogP contribution in [0.5, 0.6) is 0 Å². The van der Waals surface area contributed by atoms with Gasteiger partial charge in [-0.3, -0.25) is 9.59 Å². The average Bonchev–Trinajstić information content (AvgIpc) is 2.88. The van der Waals surface area contributed by atoms with Crippen molar-refractivity contribution >= 4 is 23.3 Å². The molecule has 0 bridgehead atoms. The Morgan fingerprint density at radius 1 is 1.17 bits per heavy atom. The summed E-state index contributed by atoms with van der Waals surface area (Å²) in [5.41, 5.74) is 0.912. The SMILES string of the molecule is CN1CCC(Nc2ccc(C(=O)Nc3ccccc3)nn2)C1=O. The molecule has 2 heterocycles. The lowest BCUT2D eigenvalue weighted by atomic mass is 10.2. The number of aromatic nitrogens is 2. The number of nitrogens with one attached hydrogen (secondary N) is 2. The van der Waals surface area contributed by atoms with Crippen LogP contribution in [0, 0.1) is 0 Å². The Bertz CT molecular complexity index is 702. The monoisotopic (exact) mass is 311 g/mol. The summed E-state index contributed by atoms with van der Waals surface area (Å²) in [4.78, 5) is 25.6. The molecule has 118 valence electrons. The van der Waals surface area contributed by atoms with E-state index >= 15 is 0 Å². The first kappa shape index (κ1) is 15.0. The van der Waals surface area contributed by atoms with E-state index in [-0.39, 0.29) is 23.6 Å². The van der Waals surface area contributed by atoms with Crippen LogP contribution < -0.4 is 10.6 Å². The van der Waals surface area contributed by atoms with E-state index in [9.17, 15) is 9.59 Å². The molecular formula is C16H17N5O2. The van der Waals surface area contributed by atoms with Crippen molar-refractivity contribution in [3.8, 4) is 0 Å². The van der Waals surface area contributed by atoms with E-state index in [2.05, 4.69) is 20.8 Å². The molecule has 3 rings (SSSR count). The largest absolute Gasteiger partial charge is 0.357 e. The highest BCUT2D eigenvalue weighted by atomic mass is 16.2. The molecule has 1 aliphatic rings. The van der Waals surface area contributed by atoms with Crippen molar-refractivity contribution in [1.82, 2.24) is 15.1 Å². The van der Waals surface area contributed by atoms with E-state index in [1.165, 1.54) is 0 Å². The summed E-state index contributed by atoms with van der Waals surface area (Å²) in [5.74, 6) is 0.194. The van der Waals surface area contributed by atoms with E-state index in [1.54, 1.807) is 36.2 Å². The molecule has 1 aliphatic heterocycles. The van der Waals surface area contributed by atoms with Gasteiger partial charge in [-0.2, -0.15) is 0 Å². The van der Waals surface area contributed by atoms with Crippen molar-refractivity contribution < 1.29 is 9.59 Å². The molecule has 2 aromatic rings. The second-order valence-corrected chi connectivity index (χ2v) is 5.37. The number of benzene rings is 1. The molecule has 1 fully saturated rings. The summed E-state index contributed by atoms with van der Waals surface area (Å²) < 4.78 is 0. The second kappa shape index (κ2) is 6.43. The third-order valence-corrected chi connectivity index (χ3v) is 3.68. The predicted molar refractivity (Wildman–Crippen MR) is 86.1 cm³/mol. The maximum atomic E-state index is 12.1. The normalized spacial score (nSPS) is 17.2. The van der Waals surface area contributed by atoms with E-state index in [4.69, 9.17) is 0 Å². The molecule has 7 nitrogen and oxygen atoms in total.